The predicted octanol–water partition coefficient (Wildman–Crippen LogP) is 3.11. The zero-order chi connectivity index (χ0) is 22.1. The molecule has 31 heavy (non-hydrogen) atoms. The van der Waals surface area contributed by atoms with Crippen molar-refractivity contribution in [3.63, 3.8) is 0 Å². The van der Waals surface area contributed by atoms with Crippen LogP contribution in [0.4, 0.5) is 5.69 Å². The zero-order valence-corrected chi connectivity index (χ0v) is 18.1. The molecule has 160 valence electrons. The normalized spacial score (nSPS) is 15.2. The summed E-state index contributed by atoms with van der Waals surface area (Å²) < 4.78 is 5.06. The quantitative estimate of drug-likeness (QED) is 0.479. The van der Waals surface area contributed by atoms with Gasteiger partial charge in [-0.3, -0.25) is 9.80 Å². The third-order valence-corrected chi connectivity index (χ3v) is 5.69. The Hall–Kier alpha value is -3.31. The molecule has 3 rings (SSSR count). The third-order valence-electron chi connectivity index (χ3n) is 4.69. The molecular formula is C23H24N4O3S. The van der Waals surface area contributed by atoms with Gasteiger partial charge >= 0.3 is 5.97 Å². The number of para-hydroxylation sites is 1. The summed E-state index contributed by atoms with van der Waals surface area (Å²) in [6.45, 7) is 2.47. The average Bonchev–Trinajstić information content (AvgIpc) is 3.25. The highest BCUT2D eigenvalue weighted by molar-refractivity contribution is 7.98. The molecule has 1 heterocycles. The van der Waals surface area contributed by atoms with Gasteiger partial charge < -0.3 is 10.1 Å². The van der Waals surface area contributed by atoms with E-state index >= 15 is 0 Å². The summed E-state index contributed by atoms with van der Waals surface area (Å²) in [6.07, 6.45) is 0.197. The van der Waals surface area contributed by atoms with Crippen molar-refractivity contribution in [2.75, 3.05) is 23.9 Å². The van der Waals surface area contributed by atoms with E-state index in [2.05, 4.69) is 16.5 Å². The van der Waals surface area contributed by atoms with E-state index in [9.17, 15) is 9.59 Å². The minimum Gasteiger partial charge on any atom is -0.461 e. The molecule has 0 aromatic heterocycles. The highest BCUT2D eigenvalue weighted by atomic mass is 32.2. The van der Waals surface area contributed by atoms with Gasteiger partial charge in [-0.2, -0.15) is 22.1 Å². The van der Waals surface area contributed by atoms with Crippen LogP contribution in [0.5, 0.6) is 0 Å². The van der Waals surface area contributed by atoms with E-state index in [1.165, 1.54) is 0 Å². The van der Waals surface area contributed by atoms with Crippen molar-refractivity contribution in [1.29, 1.82) is 5.26 Å². The largest absolute Gasteiger partial charge is 0.461 e. The number of esters is 1. The summed E-state index contributed by atoms with van der Waals surface area (Å²) in [5.41, 5.74) is 2.64. The van der Waals surface area contributed by atoms with E-state index in [0.29, 0.717) is 23.6 Å². The lowest BCUT2D eigenvalue weighted by Crippen LogP contribution is -2.43. The average molecular weight is 437 g/mol. The number of carbonyl (C=O) groups is 2. The number of hydrogen-bond donors (Lipinski definition) is 1. The molecular weight excluding hydrogens is 412 g/mol. The van der Waals surface area contributed by atoms with E-state index in [-0.39, 0.29) is 24.6 Å². The first-order chi connectivity index (χ1) is 15.1. The molecule has 1 aliphatic rings. The molecule has 0 radical (unpaired) electrons. The third kappa shape index (κ3) is 5.86. The van der Waals surface area contributed by atoms with Crippen LogP contribution in [-0.4, -0.2) is 42.5 Å². The Balaban J connectivity index is 1.55. The highest BCUT2D eigenvalue weighted by Gasteiger charge is 2.36. The maximum absolute atomic E-state index is 12.9. The molecule has 7 nitrogen and oxygen atoms in total. The van der Waals surface area contributed by atoms with E-state index in [0.717, 1.165) is 11.3 Å². The summed E-state index contributed by atoms with van der Waals surface area (Å²) in [7, 11) is 0. The number of nitrogens with zero attached hydrogens (tertiary/aromatic N) is 3. The summed E-state index contributed by atoms with van der Waals surface area (Å²) in [5.74, 6) is 0.722. The summed E-state index contributed by atoms with van der Waals surface area (Å²) in [4.78, 5) is 25.0. The van der Waals surface area contributed by atoms with Crippen LogP contribution in [0.3, 0.4) is 0 Å². The molecule has 0 spiro atoms. The maximum atomic E-state index is 12.9. The van der Waals surface area contributed by atoms with Gasteiger partial charge in [0.1, 0.15) is 11.8 Å². The zero-order valence-electron chi connectivity index (χ0n) is 17.3. The molecule has 2 aromatic rings. The van der Waals surface area contributed by atoms with Gasteiger partial charge in [-0.1, -0.05) is 36.4 Å². The van der Waals surface area contributed by atoms with Crippen molar-refractivity contribution in [1.82, 2.24) is 5.32 Å². The second-order valence-corrected chi connectivity index (χ2v) is 7.88. The van der Waals surface area contributed by atoms with E-state index in [1.54, 1.807) is 29.8 Å². The lowest BCUT2D eigenvalue weighted by atomic mass is 10.1. The smallest absolute Gasteiger partial charge is 0.354 e. The van der Waals surface area contributed by atoms with Gasteiger partial charge in [0.05, 0.1) is 23.9 Å². The number of thioether (sulfide) groups is 1. The number of carbonyl (C=O) groups excluding carboxylic acids is 2. The number of rotatable bonds is 9. The Morgan fingerprint density at radius 2 is 1.97 bits per heavy atom. The fraction of sp³-hybridized carbons (Fsp3) is 0.304. The number of hydrogen-bond acceptors (Lipinski definition) is 7. The van der Waals surface area contributed by atoms with E-state index in [4.69, 9.17) is 10.00 Å². The summed E-state index contributed by atoms with van der Waals surface area (Å²) >= 11 is 1.65. The molecule has 1 atom stereocenters. The molecule has 0 aliphatic carbocycles. The van der Waals surface area contributed by atoms with Crippen LogP contribution >= 0.6 is 11.8 Å². The van der Waals surface area contributed by atoms with Crippen LogP contribution in [0, 0.1) is 11.3 Å². The van der Waals surface area contributed by atoms with Crippen LogP contribution in [-0.2, 0) is 20.1 Å². The number of benzene rings is 2. The van der Waals surface area contributed by atoms with Crippen LogP contribution in [0.15, 0.2) is 59.7 Å². The minimum atomic E-state index is -0.605. The maximum Gasteiger partial charge on any atom is 0.354 e. The van der Waals surface area contributed by atoms with Gasteiger partial charge in [0.25, 0.3) is 0 Å². The van der Waals surface area contributed by atoms with Crippen molar-refractivity contribution in [3.05, 3.63) is 65.7 Å². The van der Waals surface area contributed by atoms with Crippen LogP contribution in [0.1, 0.15) is 24.5 Å². The number of amides is 1. The number of ether oxygens (including phenoxy) is 1. The number of nitriles is 1. The van der Waals surface area contributed by atoms with Crippen molar-refractivity contribution >= 4 is 35.0 Å². The van der Waals surface area contributed by atoms with Gasteiger partial charge in [0.2, 0.25) is 5.91 Å². The second kappa shape index (κ2) is 11.2. The Morgan fingerprint density at radius 1 is 1.23 bits per heavy atom. The van der Waals surface area contributed by atoms with Gasteiger partial charge in [-0.15, -0.1) is 0 Å². The van der Waals surface area contributed by atoms with Crippen molar-refractivity contribution in [2.45, 2.75) is 25.1 Å². The molecule has 8 heteroatoms. The SMILES string of the molecule is CCOC(=O)C1=NN(c2ccccc2)C(C(=O)NCCSCc2ccccc2C#N)C1. The van der Waals surface area contributed by atoms with Crippen molar-refractivity contribution < 1.29 is 14.3 Å². The molecule has 0 fully saturated rings. The lowest BCUT2D eigenvalue weighted by Gasteiger charge is -2.22. The molecule has 0 bridgehead atoms. The Bertz CT molecular complexity index is 988. The fourth-order valence-electron chi connectivity index (χ4n) is 3.17. The Kier molecular flexibility index (Phi) is 8.07. The monoisotopic (exact) mass is 436 g/mol. The molecule has 0 saturated heterocycles. The molecule has 1 unspecified atom stereocenters. The van der Waals surface area contributed by atoms with Gasteiger partial charge in [0.15, 0.2) is 0 Å². The first-order valence-corrected chi connectivity index (χ1v) is 11.2. The van der Waals surface area contributed by atoms with E-state index in [1.807, 2.05) is 48.5 Å². The van der Waals surface area contributed by atoms with Crippen LogP contribution in [0.2, 0.25) is 0 Å². The Morgan fingerprint density at radius 3 is 2.71 bits per heavy atom. The first-order valence-electron chi connectivity index (χ1n) is 10.1. The predicted molar refractivity (Wildman–Crippen MR) is 122 cm³/mol. The first kappa shape index (κ1) is 22.4. The van der Waals surface area contributed by atoms with Gasteiger partial charge in [-0.05, 0) is 30.7 Å². The fourth-order valence-corrected chi connectivity index (χ4v) is 4.03. The van der Waals surface area contributed by atoms with Crippen LogP contribution in [0.25, 0.3) is 0 Å². The summed E-state index contributed by atoms with van der Waals surface area (Å²) in [6, 6.07) is 18.4. The topological polar surface area (TPSA) is 94.8 Å². The number of nitrogens with one attached hydrogen (secondary N) is 1. The molecule has 2 aromatic carbocycles. The summed E-state index contributed by atoms with van der Waals surface area (Å²) in [5, 5.41) is 18.0. The minimum absolute atomic E-state index is 0.190. The van der Waals surface area contributed by atoms with Crippen molar-refractivity contribution in [3.8, 4) is 6.07 Å². The van der Waals surface area contributed by atoms with Crippen LogP contribution < -0.4 is 10.3 Å². The molecule has 1 amide bonds. The molecule has 0 saturated carbocycles. The number of hydrazone groups is 1. The van der Waals surface area contributed by atoms with Gasteiger partial charge in [-0.25, -0.2) is 4.79 Å². The molecule has 1 aliphatic heterocycles. The lowest BCUT2D eigenvalue weighted by molar-refractivity contribution is -0.135. The molecule has 1 N–H and O–H groups in total. The number of anilines is 1. The standard InChI is InChI=1S/C23H24N4O3S/c1-2-30-23(29)20-14-21(27(26-20)19-10-4-3-5-11-19)22(28)25-12-13-31-16-18-9-7-6-8-17(18)15-24/h3-11,21H,2,12-14,16H2,1H3,(H,25,28). The Labute approximate surface area is 186 Å². The second-order valence-electron chi connectivity index (χ2n) is 6.78. The van der Waals surface area contributed by atoms with E-state index < -0.39 is 12.0 Å². The van der Waals surface area contributed by atoms with Gasteiger partial charge in [0, 0.05) is 24.5 Å². The highest BCUT2D eigenvalue weighted by Crippen LogP contribution is 2.25. The van der Waals surface area contributed by atoms with Crippen molar-refractivity contribution in [2.24, 2.45) is 5.10 Å².